The number of carbonyl (C=O) groups is 2. The third-order valence-corrected chi connectivity index (χ3v) is 3.64. The van der Waals surface area contributed by atoms with Crippen molar-refractivity contribution < 1.29 is 14.7 Å². The minimum atomic E-state index is -1.00. The highest BCUT2D eigenvalue weighted by atomic mass is 16.4. The molecule has 0 aliphatic carbocycles. The minimum Gasteiger partial charge on any atom is -0.478 e. The van der Waals surface area contributed by atoms with Gasteiger partial charge < -0.3 is 5.11 Å². The van der Waals surface area contributed by atoms with Gasteiger partial charge in [0.15, 0.2) is 0 Å². The SMILES string of the molecule is Cc1c(/C=C/C(=O)O)cccc1C(=O)NN1CCCCC1. The zero-order chi connectivity index (χ0) is 15.2. The Balaban J connectivity index is 2.13. The van der Waals surface area contributed by atoms with Gasteiger partial charge in [0.1, 0.15) is 0 Å². The van der Waals surface area contributed by atoms with E-state index < -0.39 is 5.97 Å². The second kappa shape index (κ2) is 7.04. The van der Waals surface area contributed by atoms with E-state index in [0.29, 0.717) is 5.56 Å². The first-order valence-electron chi connectivity index (χ1n) is 7.14. The Labute approximate surface area is 124 Å². The second-order valence-electron chi connectivity index (χ2n) is 5.18. The van der Waals surface area contributed by atoms with Crippen LogP contribution < -0.4 is 5.43 Å². The third-order valence-electron chi connectivity index (χ3n) is 3.64. The van der Waals surface area contributed by atoms with E-state index in [1.54, 1.807) is 18.2 Å². The second-order valence-corrected chi connectivity index (χ2v) is 5.18. The number of nitrogens with one attached hydrogen (secondary N) is 1. The summed E-state index contributed by atoms with van der Waals surface area (Å²) < 4.78 is 0. The summed E-state index contributed by atoms with van der Waals surface area (Å²) >= 11 is 0. The Morgan fingerprint density at radius 2 is 1.95 bits per heavy atom. The molecule has 0 bridgehead atoms. The average Bonchev–Trinajstić information content (AvgIpc) is 2.47. The summed E-state index contributed by atoms with van der Waals surface area (Å²) in [5, 5.41) is 10.6. The zero-order valence-corrected chi connectivity index (χ0v) is 12.1. The van der Waals surface area contributed by atoms with E-state index in [4.69, 9.17) is 5.11 Å². The Morgan fingerprint density at radius 3 is 2.62 bits per heavy atom. The molecule has 1 aliphatic heterocycles. The zero-order valence-electron chi connectivity index (χ0n) is 12.1. The van der Waals surface area contributed by atoms with Gasteiger partial charge in [0.25, 0.3) is 5.91 Å². The maximum absolute atomic E-state index is 12.3. The fourth-order valence-corrected chi connectivity index (χ4v) is 2.45. The van der Waals surface area contributed by atoms with Gasteiger partial charge in [-0.1, -0.05) is 18.6 Å². The van der Waals surface area contributed by atoms with Crippen LogP contribution in [0.15, 0.2) is 24.3 Å². The molecule has 112 valence electrons. The number of benzene rings is 1. The van der Waals surface area contributed by atoms with Gasteiger partial charge in [0.05, 0.1) is 0 Å². The molecule has 0 atom stereocenters. The average molecular weight is 288 g/mol. The molecule has 1 heterocycles. The molecule has 2 N–H and O–H groups in total. The summed E-state index contributed by atoms with van der Waals surface area (Å²) in [6, 6.07) is 5.32. The molecule has 0 saturated carbocycles. The van der Waals surface area contributed by atoms with Gasteiger partial charge in [0.2, 0.25) is 0 Å². The summed E-state index contributed by atoms with van der Waals surface area (Å²) in [5.41, 5.74) is 5.02. The minimum absolute atomic E-state index is 0.139. The molecule has 1 fully saturated rings. The first-order chi connectivity index (χ1) is 10.1. The molecule has 5 nitrogen and oxygen atoms in total. The molecule has 5 heteroatoms. The monoisotopic (exact) mass is 288 g/mol. The van der Waals surface area contributed by atoms with Crippen molar-refractivity contribution in [2.75, 3.05) is 13.1 Å². The van der Waals surface area contributed by atoms with Crippen LogP contribution in [0.3, 0.4) is 0 Å². The fourth-order valence-electron chi connectivity index (χ4n) is 2.45. The van der Waals surface area contributed by atoms with Gasteiger partial charge in [-0.05, 0) is 43.0 Å². The number of carboxylic acids is 1. The van der Waals surface area contributed by atoms with E-state index in [2.05, 4.69) is 5.43 Å². The largest absolute Gasteiger partial charge is 0.478 e. The summed E-state index contributed by atoms with van der Waals surface area (Å²) in [4.78, 5) is 22.9. The molecular formula is C16H20N2O3. The van der Waals surface area contributed by atoms with Crippen molar-refractivity contribution in [1.29, 1.82) is 0 Å². The molecule has 1 aromatic carbocycles. The highest BCUT2D eigenvalue weighted by Crippen LogP contribution is 2.16. The molecule has 0 unspecified atom stereocenters. The van der Waals surface area contributed by atoms with Crippen molar-refractivity contribution in [3.63, 3.8) is 0 Å². The smallest absolute Gasteiger partial charge is 0.328 e. The lowest BCUT2D eigenvalue weighted by Gasteiger charge is -2.27. The van der Waals surface area contributed by atoms with E-state index in [9.17, 15) is 9.59 Å². The molecule has 0 spiro atoms. The fraction of sp³-hybridized carbons (Fsp3) is 0.375. The van der Waals surface area contributed by atoms with Crippen LogP contribution in [0.1, 0.15) is 40.7 Å². The lowest BCUT2D eigenvalue weighted by Crippen LogP contribution is -2.45. The number of hydrazine groups is 1. The number of piperidine rings is 1. The molecule has 1 aliphatic rings. The van der Waals surface area contributed by atoms with Gasteiger partial charge in [-0.3, -0.25) is 10.2 Å². The van der Waals surface area contributed by atoms with E-state index in [-0.39, 0.29) is 5.91 Å². The van der Waals surface area contributed by atoms with Gasteiger partial charge in [-0.25, -0.2) is 9.80 Å². The Kier molecular flexibility index (Phi) is 5.11. The maximum Gasteiger partial charge on any atom is 0.328 e. The van der Waals surface area contributed by atoms with Crippen LogP contribution in [0.5, 0.6) is 0 Å². The molecule has 21 heavy (non-hydrogen) atoms. The molecule has 1 aromatic rings. The van der Waals surface area contributed by atoms with Crippen LogP contribution in [-0.4, -0.2) is 35.1 Å². The highest BCUT2D eigenvalue weighted by Gasteiger charge is 2.16. The van der Waals surface area contributed by atoms with E-state index in [1.807, 2.05) is 11.9 Å². The Hall–Kier alpha value is -2.14. The summed E-state index contributed by atoms with van der Waals surface area (Å²) in [6.45, 7) is 3.58. The first kappa shape index (κ1) is 15.3. The Bertz CT molecular complexity index is 561. The number of rotatable bonds is 4. The predicted molar refractivity (Wildman–Crippen MR) is 80.7 cm³/mol. The third kappa shape index (κ3) is 4.16. The molecule has 1 amide bonds. The predicted octanol–water partition coefficient (Wildman–Crippen LogP) is 2.22. The van der Waals surface area contributed by atoms with E-state index in [1.165, 1.54) is 12.5 Å². The first-order valence-corrected chi connectivity index (χ1v) is 7.14. The van der Waals surface area contributed by atoms with Crippen molar-refractivity contribution in [3.05, 3.63) is 41.0 Å². The highest BCUT2D eigenvalue weighted by molar-refractivity contribution is 5.96. The lowest BCUT2D eigenvalue weighted by atomic mass is 10.0. The number of aliphatic carboxylic acids is 1. The van der Waals surface area contributed by atoms with Crippen molar-refractivity contribution in [3.8, 4) is 0 Å². The van der Waals surface area contributed by atoms with Crippen LogP contribution in [-0.2, 0) is 4.79 Å². The van der Waals surface area contributed by atoms with Gasteiger partial charge in [0, 0.05) is 24.7 Å². The van der Waals surface area contributed by atoms with Gasteiger partial charge in [-0.15, -0.1) is 0 Å². The van der Waals surface area contributed by atoms with E-state index >= 15 is 0 Å². The number of carboxylic acid groups (broad SMARTS) is 1. The standard InChI is InChI=1S/C16H20N2O3/c1-12-13(8-9-15(19)20)6-5-7-14(12)16(21)17-18-10-3-2-4-11-18/h5-9H,2-4,10-11H2,1H3,(H,17,21)(H,19,20)/b9-8+. The normalized spacial score (nSPS) is 16.0. The van der Waals surface area contributed by atoms with Crippen LogP contribution in [0.25, 0.3) is 6.08 Å². The van der Waals surface area contributed by atoms with E-state index in [0.717, 1.165) is 43.1 Å². The number of hydrogen-bond donors (Lipinski definition) is 2. The van der Waals surface area contributed by atoms with Gasteiger partial charge in [-0.2, -0.15) is 0 Å². The van der Waals surface area contributed by atoms with Crippen LogP contribution in [0.2, 0.25) is 0 Å². The quantitative estimate of drug-likeness (QED) is 0.834. The van der Waals surface area contributed by atoms with Crippen molar-refractivity contribution >= 4 is 18.0 Å². The lowest BCUT2D eigenvalue weighted by molar-refractivity contribution is -0.131. The Morgan fingerprint density at radius 1 is 1.24 bits per heavy atom. The molecule has 2 rings (SSSR count). The molecule has 0 radical (unpaired) electrons. The van der Waals surface area contributed by atoms with Crippen molar-refractivity contribution in [2.45, 2.75) is 26.2 Å². The molecule has 0 aromatic heterocycles. The van der Waals surface area contributed by atoms with Crippen molar-refractivity contribution in [2.24, 2.45) is 0 Å². The number of amides is 1. The summed E-state index contributed by atoms with van der Waals surface area (Å²) in [6.07, 6.45) is 5.99. The molecular weight excluding hydrogens is 268 g/mol. The van der Waals surface area contributed by atoms with Crippen molar-refractivity contribution in [1.82, 2.24) is 10.4 Å². The van der Waals surface area contributed by atoms with Gasteiger partial charge >= 0.3 is 5.97 Å². The van der Waals surface area contributed by atoms with Crippen LogP contribution in [0.4, 0.5) is 0 Å². The molecule has 1 saturated heterocycles. The van der Waals surface area contributed by atoms with Crippen LogP contribution in [0, 0.1) is 6.92 Å². The number of nitrogens with zero attached hydrogens (tertiary/aromatic N) is 1. The number of carbonyl (C=O) groups excluding carboxylic acids is 1. The van der Waals surface area contributed by atoms with Crippen LogP contribution >= 0.6 is 0 Å². The summed E-state index contributed by atoms with van der Waals surface area (Å²) in [5.74, 6) is -1.14. The summed E-state index contributed by atoms with van der Waals surface area (Å²) in [7, 11) is 0. The maximum atomic E-state index is 12.3. The number of hydrogen-bond acceptors (Lipinski definition) is 3. The topological polar surface area (TPSA) is 69.6 Å².